The number of rotatable bonds is 4. The Morgan fingerprint density at radius 3 is 2.43 bits per heavy atom. The maximum absolute atomic E-state index is 12.4. The van der Waals surface area contributed by atoms with Gasteiger partial charge in [-0.2, -0.15) is 0 Å². The average molecular weight is 398 g/mol. The minimum atomic E-state index is -0.662. The number of benzene rings is 2. The number of fused-ring (bicyclic) bond motifs is 1. The molecule has 4 aromatic rings. The van der Waals surface area contributed by atoms with Crippen molar-refractivity contribution in [3.8, 4) is 11.3 Å². The molecule has 0 spiro atoms. The van der Waals surface area contributed by atoms with Crippen LogP contribution in [0, 0.1) is 6.92 Å². The molecule has 0 fully saturated rings. The first kappa shape index (κ1) is 19.4. The van der Waals surface area contributed by atoms with E-state index in [2.05, 4.69) is 10.3 Å². The van der Waals surface area contributed by atoms with Crippen LogP contribution in [0.1, 0.15) is 11.1 Å². The van der Waals surface area contributed by atoms with Gasteiger partial charge in [-0.25, -0.2) is 4.98 Å². The molecule has 0 aliphatic carbocycles. The third kappa shape index (κ3) is 4.07. The number of amides is 2. The number of hydrogen-bond donors (Lipinski definition) is 1. The number of likely N-dealkylation sites (N-methyl/N-ethyl adjacent to an activating group) is 1. The van der Waals surface area contributed by atoms with Gasteiger partial charge in [0.05, 0.1) is 5.69 Å². The first-order valence-electron chi connectivity index (χ1n) is 9.66. The summed E-state index contributed by atoms with van der Waals surface area (Å²) in [5.74, 6) is -1.25. The van der Waals surface area contributed by atoms with Gasteiger partial charge in [0, 0.05) is 37.2 Å². The molecule has 1 N–H and O–H groups in total. The van der Waals surface area contributed by atoms with Crippen LogP contribution in [-0.4, -0.2) is 33.1 Å². The molecule has 2 aromatic carbocycles. The Morgan fingerprint density at radius 1 is 1.00 bits per heavy atom. The summed E-state index contributed by atoms with van der Waals surface area (Å²) in [7, 11) is 1.61. The number of carbonyl (C=O) groups is 2. The molecule has 0 saturated heterocycles. The van der Waals surface area contributed by atoms with Crippen molar-refractivity contribution in [2.45, 2.75) is 13.5 Å². The Bertz CT molecular complexity index is 1200. The van der Waals surface area contributed by atoms with Crippen molar-refractivity contribution in [3.63, 3.8) is 0 Å². The molecule has 0 bridgehead atoms. The fourth-order valence-corrected chi connectivity index (χ4v) is 3.30. The van der Waals surface area contributed by atoms with Crippen LogP contribution in [0.5, 0.6) is 0 Å². The second kappa shape index (κ2) is 8.21. The first-order valence-corrected chi connectivity index (χ1v) is 9.66. The summed E-state index contributed by atoms with van der Waals surface area (Å²) in [5.41, 5.74) is 5.32. The zero-order chi connectivity index (χ0) is 21.1. The Labute approximate surface area is 174 Å². The summed E-state index contributed by atoms with van der Waals surface area (Å²) < 4.78 is 1.99. The van der Waals surface area contributed by atoms with E-state index in [0.29, 0.717) is 12.2 Å². The van der Waals surface area contributed by atoms with Gasteiger partial charge in [0.1, 0.15) is 5.65 Å². The summed E-state index contributed by atoms with van der Waals surface area (Å²) in [6, 6.07) is 20.9. The number of nitrogens with one attached hydrogen (secondary N) is 1. The lowest BCUT2D eigenvalue weighted by molar-refractivity contribution is -0.142. The number of hydrogen-bond acceptors (Lipinski definition) is 3. The predicted molar refractivity (Wildman–Crippen MR) is 117 cm³/mol. The van der Waals surface area contributed by atoms with E-state index in [0.717, 1.165) is 28.0 Å². The lowest BCUT2D eigenvalue weighted by Crippen LogP contribution is -2.36. The van der Waals surface area contributed by atoms with Crippen molar-refractivity contribution in [1.29, 1.82) is 0 Å². The largest absolute Gasteiger partial charge is 0.333 e. The molecule has 6 heteroatoms. The quantitative estimate of drug-likeness (QED) is 0.530. The Hall–Kier alpha value is -3.93. The highest BCUT2D eigenvalue weighted by Gasteiger charge is 2.19. The summed E-state index contributed by atoms with van der Waals surface area (Å²) in [6.07, 6.45) is 3.93. The fourth-order valence-electron chi connectivity index (χ4n) is 3.30. The fraction of sp³-hybridized carbons (Fsp3) is 0.125. The molecule has 2 amide bonds. The molecule has 150 valence electrons. The van der Waals surface area contributed by atoms with Crippen molar-refractivity contribution >= 4 is 23.1 Å². The van der Waals surface area contributed by atoms with Crippen molar-refractivity contribution < 1.29 is 9.59 Å². The average Bonchev–Trinajstić information content (AvgIpc) is 3.20. The van der Waals surface area contributed by atoms with Gasteiger partial charge in [0.2, 0.25) is 0 Å². The van der Waals surface area contributed by atoms with E-state index in [1.165, 1.54) is 4.90 Å². The molecular weight excluding hydrogens is 376 g/mol. The third-order valence-corrected chi connectivity index (χ3v) is 4.92. The lowest BCUT2D eigenvalue weighted by Gasteiger charge is -2.16. The molecular formula is C24H22N4O2. The third-order valence-electron chi connectivity index (χ3n) is 4.92. The van der Waals surface area contributed by atoms with E-state index in [1.807, 2.05) is 78.3 Å². The van der Waals surface area contributed by atoms with Gasteiger partial charge in [-0.3, -0.25) is 9.59 Å². The number of aromatic nitrogens is 2. The van der Waals surface area contributed by atoms with Crippen LogP contribution < -0.4 is 5.32 Å². The number of imidazole rings is 1. The van der Waals surface area contributed by atoms with Crippen LogP contribution in [0.3, 0.4) is 0 Å². The smallest absolute Gasteiger partial charge is 0.313 e. The van der Waals surface area contributed by atoms with Crippen LogP contribution in [0.4, 0.5) is 5.69 Å². The van der Waals surface area contributed by atoms with Crippen LogP contribution in [0.15, 0.2) is 79.1 Å². The topological polar surface area (TPSA) is 66.7 Å². The summed E-state index contributed by atoms with van der Waals surface area (Å²) in [5, 5.41) is 2.67. The molecule has 0 aliphatic rings. The van der Waals surface area contributed by atoms with Gasteiger partial charge in [-0.15, -0.1) is 0 Å². The van der Waals surface area contributed by atoms with Gasteiger partial charge in [-0.1, -0.05) is 48.5 Å². The van der Waals surface area contributed by atoms with Gasteiger partial charge in [0.15, 0.2) is 0 Å². The Morgan fingerprint density at radius 2 is 1.73 bits per heavy atom. The molecule has 2 aromatic heterocycles. The second-order valence-electron chi connectivity index (χ2n) is 7.23. The van der Waals surface area contributed by atoms with Crippen LogP contribution >= 0.6 is 0 Å². The molecule has 6 nitrogen and oxygen atoms in total. The van der Waals surface area contributed by atoms with E-state index in [9.17, 15) is 9.59 Å². The van der Waals surface area contributed by atoms with Gasteiger partial charge >= 0.3 is 11.8 Å². The minimum absolute atomic E-state index is 0.374. The normalized spacial score (nSPS) is 10.7. The molecule has 0 radical (unpaired) electrons. The van der Waals surface area contributed by atoms with Gasteiger partial charge < -0.3 is 14.6 Å². The molecule has 0 aliphatic heterocycles. The van der Waals surface area contributed by atoms with E-state index in [4.69, 9.17) is 0 Å². The van der Waals surface area contributed by atoms with E-state index >= 15 is 0 Å². The van der Waals surface area contributed by atoms with Crippen molar-refractivity contribution in [1.82, 2.24) is 14.3 Å². The van der Waals surface area contributed by atoms with Crippen LogP contribution in [0.2, 0.25) is 0 Å². The van der Waals surface area contributed by atoms with E-state index in [1.54, 1.807) is 19.2 Å². The summed E-state index contributed by atoms with van der Waals surface area (Å²) in [6.45, 7) is 2.40. The second-order valence-corrected chi connectivity index (χ2v) is 7.23. The lowest BCUT2D eigenvalue weighted by atomic mass is 10.1. The van der Waals surface area contributed by atoms with E-state index < -0.39 is 11.8 Å². The molecule has 0 atom stereocenters. The van der Waals surface area contributed by atoms with Crippen molar-refractivity contribution in [2.75, 3.05) is 12.4 Å². The summed E-state index contributed by atoms with van der Waals surface area (Å²) in [4.78, 5) is 30.8. The zero-order valence-corrected chi connectivity index (χ0v) is 16.9. The predicted octanol–water partition coefficient (Wildman–Crippen LogP) is 3.91. The highest BCUT2D eigenvalue weighted by atomic mass is 16.2. The Kier molecular flexibility index (Phi) is 5.30. The standard InChI is InChI=1S/C24H22N4O2/c1-17-7-6-14-28-16-21(26-22(17)28)19-10-12-20(13-11-19)25-23(29)24(30)27(2)15-18-8-4-3-5-9-18/h3-14,16H,15H2,1-2H3,(H,25,29). The minimum Gasteiger partial charge on any atom is -0.333 e. The molecule has 4 rings (SSSR count). The molecule has 2 heterocycles. The van der Waals surface area contributed by atoms with Gasteiger partial charge in [-0.05, 0) is 36.2 Å². The first-order chi connectivity index (χ1) is 14.5. The van der Waals surface area contributed by atoms with E-state index in [-0.39, 0.29) is 0 Å². The maximum atomic E-state index is 12.4. The van der Waals surface area contributed by atoms with Crippen molar-refractivity contribution in [3.05, 3.63) is 90.3 Å². The molecule has 30 heavy (non-hydrogen) atoms. The van der Waals surface area contributed by atoms with Crippen LogP contribution in [-0.2, 0) is 16.1 Å². The zero-order valence-electron chi connectivity index (χ0n) is 16.9. The van der Waals surface area contributed by atoms with Crippen LogP contribution in [0.25, 0.3) is 16.9 Å². The SMILES string of the molecule is Cc1cccn2cc(-c3ccc(NC(=O)C(=O)N(C)Cc4ccccc4)cc3)nc12. The number of aryl methyl sites for hydroxylation is 1. The van der Waals surface area contributed by atoms with Crippen molar-refractivity contribution in [2.24, 2.45) is 0 Å². The molecule has 0 saturated carbocycles. The van der Waals surface area contributed by atoms with Gasteiger partial charge in [0.25, 0.3) is 0 Å². The number of pyridine rings is 1. The maximum Gasteiger partial charge on any atom is 0.313 e. The monoisotopic (exact) mass is 398 g/mol. The number of anilines is 1. The highest BCUT2D eigenvalue weighted by Crippen LogP contribution is 2.22. The number of carbonyl (C=O) groups excluding carboxylic acids is 2. The Balaban J connectivity index is 1.43. The molecule has 0 unspecified atom stereocenters. The number of nitrogens with zero attached hydrogens (tertiary/aromatic N) is 3. The summed E-state index contributed by atoms with van der Waals surface area (Å²) >= 11 is 0. The highest BCUT2D eigenvalue weighted by molar-refractivity contribution is 6.39.